The van der Waals surface area contributed by atoms with Gasteiger partial charge in [0.25, 0.3) is 0 Å². The van der Waals surface area contributed by atoms with Crippen molar-refractivity contribution in [2.75, 3.05) is 18.4 Å². The van der Waals surface area contributed by atoms with Gasteiger partial charge >= 0.3 is 6.09 Å². The Morgan fingerprint density at radius 2 is 2.00 bits per heavy atom. The van der Waals surface area contributed by atoms with Gasteiger partial charge in [0.05, 0.1) is 0 Å². The first-order chi connectivity index (χ1) is 10.3. The average Bonchev–Trinajstić information content (AvgIpc) is 2.86. The maximum Gasteiger partial charge on any atom is 0.410 e. The van der Waals surface area contributed by atoms with E-state index in [4.69, 9.17) is 4.74 Å². The number of carbonyl (C=O) groups is 1. The van der Waals surface area contributed by atoms with Gasteiger partial charge in [-0.1, -0.05) is 32.0 Å². The van der Waals surface area contributed by atoms with Crippen molar-refractivity contribution in [3.05, 3.63) is 29.8 Å². The highest BCUT2D eigenvalue weighted by Gasteiger charge is 2.29. The molecular formula is C18H28N2O2. The highest BCUT2D eigenvalue weighted by Crippen LogP contribution is 2.26. The summed E-state index contributed by atoms with van der Waals surface area (Å²) in [6.07, 6.45) is 0.736. The van der Waals surface area contributed by atoms with Crippen molar-refractivity contribution in [1.82, 2.24) is 4.90 Å². The van der Waals surface area contributed by atoms with Gasteiger partial charge in [0.2, 0.25) is 0 Å². The minimum Gasteiger partial charge on any atom is -0.444 e. The summed E-state index contributed by atoms with van der Waals surface area (Å²) in [7, 11) is 0. The fourth-order valence-corrected chi connectivity index (χ4v) is 2.72. The number of para-hydroxylation sites is 1. The second-order valence-corrected chi connectivity index (χ2v) is 7.30. The number of likely N-dealkylation sites (tertiary alicyclic amines) is 1. The predicted octanol–water partition coefficient (Wildman–Crippen LogP) is 4.23. The summed E-state index contributed by atoms with van der Waals surface area (Å²) in [5.74, 6) is 0.479. The van der Waals surface area contributed by atoms with Crippen LogP contribution in [-0.4, -0.2) is 35.7 Å². The number of nitrogens with one attached hydrogen (secondary N) is 1. The lowest BCUT2D eigenvalue weighted by Crippen LogP contribution is -2.36. The molecule has 0 saturated carbocycles. The summed E-state index contributed by atoms with van der Waals surface area (Å²) in [5, 5.41) is 3.59. The number of ether oxygens (including phenoxy) is 1. The fraction of sp³-hybridized carbons (Fsp3) is 0.611. The lowest BCUT2D eigenvalue weighted by atomic mass is 10.0. The third kappa shape index (κ3) is 4.39. The summed E-state index contributed by atoms with van der Waals surface area (Å²) in [6.45, 7) is 11.5. The zero-order chi connectivity index (χ0) is 16.3. The van der Waals surface area contributed by atoms with Crippen LogP contribution in [0, 0.1) is 0 Å². The quantitative estimate of drug-likeness (QED) is 0.908. The van der Waals surface area contributed by atoms with Crippen LogP contribution in [0.3, 0.4) is 0 Å². The SMILES string of the molecule is CC(C)c1ccccc1NC1CCN(C(=O)OC(C)(C)C)C1. The Morgan fingerprint density at radius 1 is 1.32 bits per heavy atom. The number of hydrogen-bond acceptors (Lipinski definition) is 3. The molecular weight excluding hydrogens is 276 g/mol. The van der Waals surface area contributed by atoms with Crippen LogP contribution < -0.4 is 5.32 Å². The number of nitrogens with zero attached hydrogens (tertiary/aromatic N) is 1. The van der Waals surface area contributed by atoms with Crippen molar-refractivity contribution in [3.8, 4) is 0 Å². The second-order valence-electron chi connectivity index (χ2n) is 7.30. The predicted molar refractivity (Wildman–Crippen MR) is 90.4 cm³/mol. The molecule has 0 aromatic heterocycles. The minimum absolute atomic E-state index is 0.214. The van der Waals surface area contributed by atoms with Crippen LogP contribution in [0.1, 0.15) is 52.5 Å². The van der Waals surface area contributed by atoms with E-state index in [9.17, 15) is 4.79 Å². The van der Waals surface area contributed by atoms with E-state index in [0.717, 1.165) is 13.0 Å². The molecule has 1 aromatic rings. The van der Waals surface area contributed by atoms with Gasteiger partial charge in [0.1, 0.15) is 5.60 Å². The molecule has 1 unspecified atom stereocenters. The molecule has 1 amide bonds. The maximum atomic E-state index is 12.1. The molecule has 1 aliphatic rings. The molecule has 1 aliphatic heterocycles. The van der Waals surface area contributed by atoms with Gasteiger partial charge < -0.3 is 15.0 Å². The van der Waals surface area contributed by atoms with Crippen molar-refractivity contribution in [3.63, 3.8) is 0 Å². The Balaban J connectivity index is 1.96. The summed E-state index contributed by atoms with van der Waals surface area (Å²) in [4.78, 5) is 13.9. The van der Waals surface area contributed by atoms with Crippen molar-refractivity contribution >= 4 is 11.8 Å². The van der Waals surface area contributed by atoms with Crippen LogP contribution in [0.25, 0.3) is 0 Å². The van der Waals surface area contributed by atoms with E-state index in [1.165, 1.54) is 11.3 Å². The molecule has 0 spiro atoms. The lowest BCUT2D eigenvalue weighted by Gasteiger charge is -2.25. The van der Waals surface area contributed by atoms with E-state index in [2.05, 4.69) is 43.4 Å². The molecule has 1 atom stereocenters. The smallest absolute Gasteiger partial charge is 0.410 e. The second kappa shape index (κ2) is 6.59. The lowest BCUT2D eigenvalue weighted by molar-refractivity contribution is 0.0293. The van der Waals surface area contributed by atoms with Gasteiger partial charge in [-0.3, -0.25) is 0 Å². The van der Waals surface area contributed by atoms with Crippen LogP contribution in [0.5, 0.6) is 0 Å². The molecule has 1 aromatic carbocycles. The molecule has 22 heavy (non-hydrogen) atoms. The molecule has 122 valence electrons. The van der Waals surface area contributed by atoms with E-state index in [0.29, 0.717) is 12.5 Å². The van der Waals surface area contributed by atoms with E-state index < -0.39 is 5.60 Å². The molecule has 0 radical (unpaired) electrons. The van der Waals surface area contributed by atoms with E-state index in [1.807, 2.05) is 20.8 Å². The molecule has 1 saturated heterocycles. The summed E-state index contributed by atoms with van der Waals surface area (Å²) >= 11 is 0. The van der Waals surface area contributed by atoms with Crippen LogP contribution in [0.4, 0.5) is 10.5 Å². The zero-order valence-corrected chi connectivity index (χ0v) is 14.3. The van der Waals surface area contributed by atoms with Crippen LogP contribution >= 0.6 is 0 Å². The molecule has 4 nitrogen and oxygen atoms in total. The van der Waals surface area contributed by atoms with Crippen LogP contribution in [0.15, 0.2) is 24.3 Å². The van der Waals surface area contributed by atoms with Crippen LogP contribution in [0.2, 0.25) is 0 Å². The molecule has 0 aliphatic carbocycles. The third-order valence-corrected chi connectivity index (χ3v) is 3.78. The number of amides is 1. The Labute approximate surface area is 133 Å². The van der Waals surface area contributed by atoms with Gasteiger partial charge in [-0.15, -0.1) is 0 Å². The Kier molecular flexibility index (Phi) is 4.99. The standard InChI is InChI=1S/C18H28N2O2/c1-13(2)15-8-6-7-9-16(15)19-14-10-11-20(12-14)17(21)22-18(3,4)5/h6-9,13-14,19H,10-12H2,1-5H3. The summed E-state index contributed by atoms with van der Waals surface area (Å²) in [6, 6.07) is 8.68. The zero-order valence-electron chi connectivity index (χ0n) is 14.3. The molecule has 4 heteroatoms. The van der Waals surface area contributed by atoms with Crippen molar-refractivity contribution < 1.29 is 9.53 Å². The van der Waals surface area contributed by atoms with E-state index >= 15 is 0 Å². The van der Waals surface area contributed by atoms with Crippen molar-refractivity contribution in [1.29, 1.82) is 0 Å². The largest absolute Gasteiger partial charge is 0.444 e. The van der Waals surface area contributed by atoms with Gasteiger partial charge in [-0.25, -0.2) is 4.79 Å². The number of hydrogen-bond donors (Lipinski definition) is 1. The van der Waals surface area contributed by atoms with Crippen LogP contribution in [-0.2, 0) is 4.74 Å². The molecule has 1 heterocycles. The Hall–Kier alpha value is -1.71. The number of carbonyl (C=O) groups excluding carboxylic acids is 1. The van der Waals surface area contributed by atoms with E-state index in [-0.39, 0.29) is 12.1 Å². The Morgan fingerprint density at radius 3 is 2.64 bits per heavy atom. The monoisotopic (exact) mass is 304 g/mol. The molecule has 1 N–H and O–H groups in total. The number of anilines is 1. The highest BCUT2D eigenvalue weighted by atomic mass is 16.6. The maximum absolute atomic E-state index is 12.1. The summed E-state index contributed by atoms with van der Waals surface area (Å²) < 4.78 is 5.44. The summed E-state index contributed by atoms with van der Waals surface area (Å²) in [5.41, 5.74) is 2.05. The van der Waals surface area contributed by atoms with E-state index in [1.54, 1.807) is 4.90 Å². The minimum atomic E-state index is -0.438. The first-order valence-corrected chi connectivity index (χ1v) is 8.09. The highest BCUT2D eigenvalue weighted by molar-refractivity contribution is 5.68. The van der Waals surface area contributed by atoms with Gasteiger partial charge in [-0.2, -0.15) is 0 Å². The fourth-order valence-electron chi connectivity index (χ4n) is 2.72. The Bertz CT molecular complexity index is 520. The molecule has 0 bridgehead atoms. The molecule has 2 rings (SSSR count). The van der Waals surface area contributed by atoms with Crippen molar-refractivity contribution in [2.24, 2.45) is 0 Å². The van der Waals surface area contributed by atoms with Gasteiger partial charge in [0, 0.05) is 24.8 Å². The van der Waals surface area contributed by atoms with Gasteiger partial charge in [0.15, 0.2) is 0 Å². The van der Waals surface area contributed by atoms with Crippen molar-refractivity contribution in [2.45, 2.75) is 58.6 Å². The first kappa shape index (κ1) is 16.7. The van der Waals surface area contributed by atoms with Gasteiger partial charge in [-0.05, 0) is 44.7 Å². The third-order valence-electron chi connectivity index (χ3n) is 3.78. The number of benzene rings is 1. The normalized spacial score (nSPS) is 18.6. The molecule has 1 fully saturated rings. The average molecular weight is 304 g/mol. The topological polar surface area (TPSA) is 41.6 Å². The number of rotatable bonds is 3. The first-order valence-electron chi connectivity index (χ1n) is 8.09.